The van der Waals surface area contributed by atoms with E-state index in [1.54, 1.807) is 18.2 Å². The molecule has 4 nitrogen and oxygen atoms in total. The van der Waals surface area contributed by atoms with Crippen LogP contribution in [0.2, 0.25) is 0 Å². The van der Waals surface area contributed by atoms with E-state index in [1.165, 1.54) is 0 Å². The van der Waals surface area contributed by atoms with Gasteiger partial charge in [0.15, 0.2) is 11.5 Å². The summed E-state index contributed by atoms with van der Waals surface area (Å²) in [6.07, 6.45) is 2.51. The van der Waals surface area contributed by atoms with Crippen LogP contribution in [-0.4, -0.2) is 28.4 Å². The molecule has 23 heavy (non-hydrogen) atoms. The van der Waals surface area contributed by atoms with E-state index in [-0.39, 0.29) is 23.2 Å². The Kier molecular flexibility index (Phi) is 4.44. The predicted molar refractivity (Wildman–Crippen MR) is 90.3 cm³/mol. The minimum absolute atomic E-state index is 0.0250. The SMILES string of the molecule is CCCc1c(O)c(O)cc2c1CCNCC2c1ccc(O)cc1. The quantitative estimate of drug-likeness (QED) is 0.657. The van der Waals surface area contributed by atoms with E-state index in [0.717, 1.165) is 54.6 Å². The third-order valence-corrected chi connectivity index (χ3v) is 4.60. The third-order valence-electron chi connectivity index (χ3n) is 4.60. The van der Waals surface area contributed by atoms with Crippen LogP contribution in [0.4, 0.5) is 0 Å². The van der Waals surface area contributed by atoms with Gasteiger partial charge in [-0.3, -0.25) is 0 Å². The lowest BCUT2D eigenvalue weighted by atomic mass is 9.84. The minimum atomic E-state index is -0.0436. The molecule has 0 aliphatic carbocycles. The van der Waals surface area contributed by atoms with Gasteiger partial charge in [-0.25, -0.2) is 0 Å². The average Bonchev–Trinajstić information content (AvgIpc) is 2.75. The first-order valence-corrected chi connectivity index (χ1v) is 8.18. The standard InChI is InChI=1S/C19H23NO3/c1-2-3-15-14-8-9-20-11-17(12-4-6-13(21)7-5-12)16(14)10-18(22)19(15)23/h4-7,10,17,20-23H,2-3,8-9,11H2,1H3. The first kappa shape index (κ1) is 15.7. The molecule has 0 fully saturated rings. The van der Waals surface area contributed by atoms with Crippen molar-refractivity contribution in [2.75, 3.05) is 13.1 Å². The normalized spacial score (nSPS) is 17.5. The predicted octanol–water partition coefficient (Wildman–Crippen LogP) is 3.03. The second kappa shape index (κ2) is 6.50. The molecule has 1 atom stereocenters. The Labute approximate surface area is 136 Å². The summed E-state index contributed by atoms with van der Waals surface area (Å²) in [5.41, 5.74) is 4.17. The van der Waals surface area contributed by atoms with E-state index >= 15 is 0 Å². The second-order valence-electron chi connectivity index (χ2n) is 6.14. The summed E-state index contributed by atoms with van der Waals surface area (Å²) in [6.45, 7) is 3.69. The van der Waals surface area contributed by atoms with Gasteiger partial charge >= 0.3 is 0 Å². The maximum absolute atomic E-state index is 10.3. The number of phenols is 3. The number of fused-ring (bicyclic) bond motifs is 1. The molecule has 1 aliphatic rings. The van der Waals surface area contributed by atoms with Crippen LogP contribution < -0.4 is 5.32 Å². The number of hydrogen-bond donors (Lipinski definition) is 4. The lowest BCUT2D eigenvalue weighted by Gasteiger charge is -2.21. The largest absolute Gasteiger partial charge is 0.508 e. The Bertz CT molecular complexity index is 695. The van der Waals surface area contributed by atoms with Gasteiger partial charge in [-0.05, 0) is 54.3 Å². The molecule has 4 heteroatoms. The third kappa shape index (κ3) is 2.99. The number of aromatic hydroxyl groups is 3. The van der Waals surface area contributed by atoms with Crippen molar-refractivity contribution in [2.24, 2.45) is 0 Å². The Morgan fingerprint density at radius 2 is 1.87 bits per heavy atom. The van der Waals surface area contributed by atoms with Gasteiger partial charge in [0, 0.05) is 18.0 Å². The van der Waals surface area contributed by atoms with Gasteiger partial charge in [0.1, 0.15) is 5.75 Å². The summed E-state index contributed by atoms with van der Waals surface area (Å²) < 4.78 is 0. The highest BCUT2D eigenvalue weighted by Gasteiger charge is 2.25. The zero-order chi connectivity index (χ0) is 16.4. The number of benzene rings is 2. The van der Waals surface area contributed by atoms with E-state index in [2.05, 4.69) is 12.2 Å². The molecule has 1 unspecified atom stereocenters. The first-order chi connectivity index (χ1) is 11.1. The molecule has 0 amide bonds. The van der Waals surface area contributed by atoms with Crippen LogP contribution in [0.1, 0.15) is 41.5 Å². The van der Waals surface area contributed by atoms with Crippen molar-refractivity contribution in [1.82, 2.24) is 5.32 Å². The lowest BCUT2D eigenvalue weighted by molar-refractivity contribution is 0.397. The van der Waals surface area contributed by atoms with Crippen LogP contribution in [-0.2, 0) is 12.8 Å². The van der Waals surface area contributed by atoms with E-state index in [0.29, 0.717) is 0 Å². The van der Waals surface area contributed by atoms with Gasteiger partial charge in [-0.15, -0.1) is 0 Å². The monoisotopic (exact) mass is 313 g/mol. The van der Waals surface area contributed by atoms with E-state index in [4.69, 9.17) is 0 Å². The molecule has 0 bridgehead atoms. The number of nitrogens with one attached hydrogen (secondary N) is 1. The van der Waals surface area contributed by atoms with Crippen molar-refractivity contribution >= 4 is 0 Å². The van der Waals surface area contributed by atoms with Crippen LogP contribution >= 0.6 is 0 Å². The number of phenolic OH excluding ortho intramolecular Hbond substituents is 3. The molecule has 0 spiro atoms. The molecule has 4 N–H and O–H groups in total. The zero-order valence-corrected chi connectivity index (χ0v) is 13.3. The van der Waals surface area contributed by atoms with Crippen molar-refractivity contribution in [1.29, 1.82) is 0 Å². The van der Waals surface area contributed by atoms with E-state index in [1.807, 2.05) is 12.1 Å². The van der Waals surface area contributed by atoms with Crippen LogP contribution in [0.5, 0.6) is 17.2 Å². The van der Waals surface area contributed by atoms with Crippen LogP contribution in [0.15, 0.2) is 30.3 Å². The summed E-state index contributed by atoms with van der Waals surface area (Å²) in [4.78, 5) is 0. The molecule has 1 aliphatic heterocycles. The summed E-state index contributed by atoms with van der Waals surface area (Å²) >= 11 is 0. The summed E-state index contributed by atoms with van der Waals surface area (Å²) in [7, 11) is 0. The van der Waals surface area contributed by atoms with Gasteiger partial charge in [-0.1, -0.05) is 25.5 Å². The molecule has 1 heterocycles. The number of rotatable bonds is 3. The molecular formula is C19H23NO3. The van der Waals surface area contributed by atoms with Gasteiger partial charge < -0.3 is 20.6 Å². The second-order valence-corrected chi connectivity index (χ2v) is 6.14. The van der Waals surface area contributed by atoms with Gasteiger partial charge in [0.05, 0.1) is 0 Å². The molecule has 0 aromatic heterocycles. The smallest absolute Gasteiger partial charge is 0.160 e. The molecule has 0 saturated carbocycles. The molecule has 2 aromatic carbocycles. The van der Waals surface area contributed by atoms with Gasteiger partial charge in [0.2, 0.25) is 0 Å². The molecular weight excluding hydrogens is 290 g/mol. The fourth-order valence-electron chi connectivity index (χ4n) is 3.47. The average molecular weight is 313 g/mol. The zero-order valence-electron chi connectivity index (χ0n) is 13.3. The molecule has 3 rings (SSSR count). The highest BCUT2D eigenvalue weighted by molar-refractivity contribution is 5.56. The minimum Gasteiger partial charge on any atom is -0.508 e. The van der Waals surface area contributed by atoms with Crippen LogP contribution in [0.3, 0.4) is 0 Å². The summed E-state index contributed by atoms with van der Waals surface area (Å²) in [5.74, 6) is 0.320. The van der Waals surface area contributed by atoms with Gasteiger partial charge in [0.25, 0.3) is 0 Å². The van der Waals surface area contributed by atoms with Crippen molar-refractivity contribution < 1.29 is 15.3 Å². The van der Waals surface area contributed by atoms with Gasteiger partial charge in [-0.2, -0.15) is 0 Å². The molecule has 0 saturated heterocycles. The Morgan fingerprint density at radius 3 is 2.57 bits per heavy atom. The molecule has 2 aromatic rings. The summed E-state index contributed by atoms with van der Waals surface area (Å²) in [6, 6.07) is 8.91. The Morgan fingerprint density at radius 1 is 1.13 bits per heavy atom. The van der Waals surface area contributed by atoms with E-state index < -0.39 is 0 Å². The van der Waals surface area contributed by atoms with E-state index in [9.17, 15) is 15.3 Å². The maximum atomic E-state index is 10.3. The highest BCUT2D eigenvalue weighted by Crippen LogP contribution is 2.40. The van der Waals surface area contributed by atoms with Crippen molar-refractivity contribution in [3.8, 4) is 17.2 Å². The fourth-order valence-corrected chi connectivity index (χ4v) is 3.47. The van der Waals surface area contributed by atoms with Crippen molar-refractivity contribution in [3.05, 3.63) is 52.6 Å². The molecule has 0 radical (unpaired) electrons. The van der Waals surface area contributed by atoms with Crippen molar-refractivity contribution in [2.45, 2.75) is 32.1 Å². The Hall–Kier alpha value is -2.20. The molecule has 122 valence electrons. The van der Waals surface area contributed by atoms with Crippen LogP contribution in [0, 0.1) is 0 Å². The number of hydrogen-bond acceptors (Lipinski definition) is 4. The summed E-state index contributed by atoms with van der Waals surface area (Å²) in [5, 5.41) is 33.4. The highest BCUT2D eigenvalue weighted by atomic mass is 16.3. The maximum Gasteiger partial charge on any atom is 0.160 e. The van der Waals surface area contributed by atoms with Crippen LogP contribution in [0.25, 0.3) is 0 Å². The van der Waals surface area contributed by atoms with Crippen molar-refractivity contribution in [3.63, 3.8) is 0 Å². The lowest BCUT2D eigenvalue weighted by Crippen LogP contribution is -2.20. The Balaban J connectivity index is 2.14. The fraction of sp³-hybridized carbons (Fsp3) is 0.368. The topological polar surface area (TPSA) is 72.7 Å². The first-order valence-electron chi connectivity index (χ1n) is 8.18.